The second-order valence-electron chi connectivity index (χ2n) is 6.12. The van der Waals surface area contributed by atoms with Gasteiger partial charge in [-0.2, -0.15) is 13.2 Å². The first kappa shape index (κ1) is 17.5. The molecule has 0 atom stereocenters. The number of carbonyl (C=O) groups is 1. The minimum Gasteiger partial charge on any atom is -0.485 e. The van der Waals surface area contributed by atoms with Gasteiger partial charge in [-0.05, 0) is 48.4 Å². The summed E-state index contributed by atoms with van der Waals surface area (Å²) < 4.78 is 47.6. The van der Waals surface area contributed by atoms with Crippen molar-refractivity contribution < 1.29 is 27.8 Å². The molecule has 0 saturated heterocycles. The Morgan fingerprint density at radius 2 is 2.21 bits per heavy atom. The molecule has 1 N–H and O–H groups in total. The molecule has 3 rings (SSSR count). The molecule has 9 heteroatoms. The molecule has 0 aliphatic heterocycles. The standard InChI is InChI=1S/C15H14F3IN2O3/c1-14(23)5-8(6-14)21-7-20-12-11(19)10(24-3-2-22)4-9(13(12)21)15(16,17)18/h2,4,7-8,23H,3,5-6H2,1H3. The minimum atomic E-state index is -4.59. The van der Waals surface area contributed by atoms with Crippen LogP contribution in [-0.4, -0.2) is 33.2 Å². The monoisotopic (exact) mass is 454 g/mol. The number of benzene rings is 1. The Morgan fingerprint density at radius 1 is 1.54 bits per heavy atom. The van der Waals surface area contributed by atoms with Gasteiger partial charge in [0.05, 0.1) is 26.6 Å². The Hall–Kier alpha value is -1.36. The van der Waals surface area contributed by atoms with Crippen molar-refractivity contribution in [3.8, 4) is 5.75 Å². The van der Waals surface area contributed by atoms with Gasteiger partial charge in [-0.25, -0.2) is 4.98 Å². The van der Waals surface area contributed by atoms with Crippen LogP contribution in [0.4, 0.5) is 13.2 Å². The fraction of sp³-hybridized carbons (Fsp3) is 0.467. The van der Waals surface area contributed by atoms with Crippen molar-refractivity contribution in [2.24, 2.45) is 0 Å². The van der Waals surface area contributed by atoms with Crippen LogP contribution in [0.15, 0.2) is 12.4 Å². The minimum absolute atomic E-state index is 0.0200. The van der Waals surface area contributed by atoms with Crippen molar-refractivity contribution in [3.05, 3.63) is 21.5 Å². The molecule has 1 heterocycles. The van der Waals surface area contributed by atoms with Crippen molar-refractivity contribution in [1.82, 2.24) is 9.55 Å². The van der Waals surface area contributed by atoms with Crippen molar-refractivity contribution >= 4 is 39.9 Å². The maximum Gasteiger partial charge on any atom is 0.418 e. The van der Waals surface area contributed by atoms with Crippen LogP contribution in [0.25, 0.3) is 11.0 Å². The molecular weight excluding hydrogens is 440 g/mol. The van der Waals surface area contributed by atoms with Crippen LogP contribution in [0.1, 0.15) is 31.4 Å². The molecule has 0 amide bonds. The quantitative estimate of drug-likeness (QED) is 0.569. The zero-order valence-corrected chi connectivity index (χ0v) is 14.8. The van der Waals surface area contributed by atoms with Gasteiger partial charge in [-0.1, -0.05) is 0 Å². The maximum absolute atomic E-state index is 13.5. The number of hydrogen-bond donors (Lipinski definition) is 1. The number of rotatable bonds is 4. The van der Waals surface area contributed by atoms with Gasteiger partial charge in [0.2, 0.25) is 0 Å². The Morgan fingerprint density at radius 3 is 2.75 bits per heavy atom. The molecule has 2 aromatic rings. The van der Waals surface area contributed by atoms with Crippen molar-refractivity contribution in [1.29, 1.82) is 0 Å². The summed E-state index contributed by atoms with van der Waals surface area (Å²) in [7, 11) is 0. The Balaban J connectivity index is 2.16. The van der Waals surface area contributed by atoms with Crippen LogP contribution < -0.4 is 4.74 Å². The van der Waals surface area contributed by atoms with E-state index in [-0.39, 0.29) is 29.4 Å². The van der Waals surface area contributed by atoms with Crippen LogP contribution >= 0.6 is 22.6 Å². The zero-order chi connectivity index (χ0) is 17.7. The molecule has 130 valence electrons. The SMILES string of the molecule is CC1(O)CC(n2cnc3c(I)c(OCC=O)cc(C(F)(F)F)c32)C1. The van der Waals surface area contributed by atoms with Crippen molar-refractivity contribution in [2.75, 3.05) is 6.61 Å². The van der Waals surface area contributed by atoms with E-state index < -0.39 is 17.3 Å². The molecule has 1 aromatic carbocycles. The lowest BCUT2D eigenvalue weighted by atomic mass is 9.77. The van der Waals surface area contributed by atoms with E-state index in [0.29, 0.717) is 22.7 Å². The van der Waals surface area contributed by atoms with E-state index in [0.717, 1.165) is 6.07 Å². The van der Waals surface area contributed by atoms with Gasteiger partial charge in [0.15, 0.2) is 6.29 Å². The summed E-state index contributed by atoms with van der Waals surface area (Å²) >= 11 is 1.86. The van der Waals surface area contributed by atoms with Gasteiger partial charge in [0.25, 0.3) is 0 Å². The molecule has 24 heavy (non-hydrogen) atoms. The van der Waals surface area contributed by atoms with Gasteiger partial charge in [0, 0.05) is 6.04 Å². The zero-order valence-electron chi connectivity index (χ0n) is 12.6. The smallest absolute Gasteiger partial charge is 0.418 e. The Kier molecular flexibility index (Phi) is 4.27. The molecule has 1 aromatic heterocycles. The maximum atomic E-state index is 13.5. The van der Waals surface area contributed by atoms with Crippen LogP contribution in [-0.2, 0) is 11.0 Å². The van der Waals surface area contributed by atoms with E-state index in [1.165, 1.54) is 10.9 Å². The first-order valence-corrected chi connectivity index (χ1v) is 8.27. The fourth-order valence-corrected chi connectivity index (χ4v) is 3.75. The van der Waals surface area contributed by atoms with Gasteiger partial charge < -0.3 is 14.4 Å². The lowest BCUT2D eigenvalue weighted by Gasteiger charge is -2.41. The summed E-state index contributed by atoms with van der Waals surface area (Å²) in [6.45, 7) is 1.33. The number of aromatic nitrogens is 2. The molecule has 0 radical (unpaired) electrons. The number of halogens is 4. The highest BCUT2D eigenvalue weighted by atomic mass is 127. The highest BCUT2D eigenvalue weighted by Gasteiger charge is 2.42. The molecule has 1 aliphatic rings. The van der Waals surface area contributed by atoms with Crippen LogP contribution in [0, 0.1) is 3.57 Å². The van der Waals surface area contributed by atoms with Gasteiger partial charge in [0.1, 0.15) is 17.9 Å². The molecule has 0 unspecified atom stereocenters. The molecule has 1 aliphatic carbocycles. The first-order chi connectivity index (χ1) is 11.1. The molecule has 1 saturated carbocycles. The number of alkyl halides is 3. The van der Waals surface area contributed by atoms with E-state index >= 15 is 0 Å². The lowest BCUT2D eigenvalue weighted by Crippen LogP contribution is -2.41. The first-order valence-electron chi connectivity index (χ1n) is 7.19. The average Bonchev–Trinajstić information content (AvgIpc) is 2.87. The molecular formula is C15H14F3IN2O3. The van der Waals surface area contributed by atoms with Crippen LogP contribution in [0.3, 0.4) is 0 Å². The predicted molar refractivity (Wildman–Crippen MR) is 87.9 cm³/mol. The third-order valence-corrected chi connectivity index (χ3v) is 5.15. The summed E-state index contributed by atoms with van der Waals surface area (Å²) in [5, 5.41) is 9.87. The summed E-state index contributed by atoms with van der Waals surface area (Å²) in [4.78, 5) is 14.6. The van der Waals surface area contributed by atoms with Gasteiger partial charge in [-0.3, -0.25) is 4.79 Å². The van der Waals surface area contributed by atoms with Crippen molar-refractivity contribution in [2.45, 2.75) is 37.6 Å². The Bertz CT molecular complexity index is 793. The third kappa shape index (κ3) is 2.99. The number of aliphatic hydroxyl groups is 1. The number of ether oxygens (including phenoxy) is 1. The summed E-state index contributed by atoms with van der Waals surface area (Å²) in [6, 6.07) is 0.673. The lowest BCUT2D eigenvalue weighted by molar-refractivity contribution is -0.136. The molecule has 1 fully saturated rings. The highest BCUT2D eigenvalue weighted by molar-refractivity contribution is 14.1. The predicted octanol–water partition coefficient (Wildman–Crippen LogP) is 3.32. The van der Waals surface area contributed by atoms with E-state index in [4.69, 9.17) is 4.74 Å². The number of aldehydes is 1. The molecule has 0 spiro atoms. The van der Waals surface area contributed by atoms with E-state index in [1.54, 1.807) is 6.92 Å². The topological polar surface area (TPSA) is 64.3 Å². The van der Waals surface area contributed by atoms with E-state index in [2.05, 4.69) is 4.98 Å². The number of imidazole rings is 1. The number of hydrogen-bond acceptors (Lipinski definition) is 4. The second-order valence-corrected chi connectivity index (χ2v) is 7.20. The molecule has 5 nitrogen and oxygen atoms in total. The van der Waals surface area contributed by atoms with Crippen LogP contribution in [0.2, 0.25) is 0 Å². The average molecular weight is 454 g/mol. The number of carbonyl (C=O) groups excluding carboxylic acids is 1. The molecule has 0 bridgehead atoms. The third-order valence-electron chi connectivity index (χ3n) is 4.10. The van der Waals surface area contributed by atoms with Crippen LogP contribution in [0.5, 0.6) is 5.75 Å². The van der Waals surface area contributed by atoms with E-state index in [1.807, 2.05) is 22.6 Å². The van der Waals surface area contributed by atoms with Gasteiger partial charge in [-0.15, -0.1) is 0 Å². The van der Waals surface area contributed by atoms with Gasteiger partial charge >= 0.3 is 6.18 Å². The number of nitrogens with zero attached hydrogens (tertiary/aromatic N) is 2. The van der Waals surface area contributed by atoms with Crippen molar-refractivity contribution in [3.63, 3.8) is 0 Å². The van der Waals surface area contributed by atoms with E-state index in [9.17, 15) is 23.1 Å². The fourth-order valence-electron chi connectivity index (χ4n) is 3.04. The number of fused-ring (bicyclic) bond motifs is 1. The Labute approximate surface area is 148 Å². The highest BCUT2D eigenvalue weighted by Crippen LogP contribution is 2.46. The summed E-state index contributed by atoms with van der Waals surface area (Å²) in [5.41, 5.74) is -1.56. The summed E-state index contributed by atoms with van der Waals surface area (Å²) in [6.07, 6.45) is -2.01. The second kappa shape index (κ2) is 5.87. The normalized spacial score (nSPS) is 24.0. The summed E-state index contributed by atoms with van der Waals surface area (Å²) in [5.74, 6) is -0.0200. The largest absolute Gasteiger partial charge is 0.485 e.